The van der Waals surface area contributed by atoms with Crippen LogP contribution >= 0.6 is 0 Å². The van der Waals surface area contributed by atoms with Gasteiger partial charge in [0.2, 0.25) is 0 Å². The lowest BCUT2D eigenvalue weighted by Crippen LogP contribution is -3.15. The summed E-state index contributed by atoms with van der Waals surface area (Å²) in [6, 6.07) is 5.96. The van der Waals surface area contributed by atoms with Gasteiger partial charge >= 0.3 is 6.61 Å². The number of halogens is 2. The molecule has 1 aromatic rings. The van der Waals surface area contributed by atoms with Crippen LogP contribution in [0.5, 0.6) is 5.75 Å². The Bertz CT molecular complexity index is 483. The second-order valence-electron chi connectivity index (χ2n) is 6.23. The molecule has 22 heavy (non-hydrogen) atoms. The van der Waals surface area contributed by atoms with Crippen molar-refractivity contribution < 1.29 is 23.2 Å². The lowest BCUT2D eigenvalue weighted by Gasteiger charge is -2.31. The van der Waals surface area contributed by atoms with Crippen molar-refractivity contribution in [3.05, 3.63) is 24.3 Å². The van der Waals surface area contributed by atoms with Crippen LogP contribution in [0.2, 0.25) is 0 Å². The Morgan fingerprint density at radius 1 is 1.27 bits per heavy atom. The van der Waals surface area contributed by atoms with E-state index in [1.54, 1.807) is 12.1 Å². The molecule has 1 fully saturated rings. The Labute approximate surface area is 129 Å². The predicted molar refractivity (Wildman–Crippen MR) is 80.2 cm³/mol. The SMILES string of the molecule is C[C@@H]1C[C@@H](C)C[NH+](CC(=O)Nc2ccc(OC(F)F)cc2)C1. The summed E-state index contributed by atoms with van der Waals surface area (Å²) in [6.07, 6.45) is 1.22. The number of rotatable bonds is 5. The number of hydrogen-bond acceptors (Lipinski definition) is 2. The number of likely N-dealkylation sites (tertiary alicyclic amines) is 1. The first-order chi connectivity index (χ1) is 10.4. The van der Waals surface area contributed by atoms with Crippen molar-refractivity contribution >= 4 is 11.6 Å². The first-order valence-corrected chi connectivity index (χ1v) is 7.60. The average molecular weight is 313 g/mol. The number of benzene rings is 1. The molecule has 0 aromatic heterocycles. The number of piperidine rings is 1. The molecule has 1 aliphatic heterocycles. The van der Waals surface area contributed by atoms with E-state index in [1.165, 1.54) is 23.5 Å². The van der Waals surface area contributed by atoms with Crippen LogP contribution in [-0.4, -0.2) is 32.2 Å². The van der Waals surface area contributed by atoms with Gasteiger partial charge in [0.25, 0.3) is 5.91 Å². The molecule has 1 amide bonds. The van der Waals surface area contributed by atoms with Gasteiger partial charge in [0.05, 0.1) is 13.1 Å². The zero-order chi connectivity index (χ0) is 16.1. The highest BCUT2D eigenvalue weighted by Crippen LogP contribution is 2.17. The van der Waals surface area contributed by atoms with Gasteiger partial charge in [-0.15, -0.1) is 0 Å². The molecule has 1 saturated heterocycles. The molecule has 0 radical (unpaired) electrons. The summed E-state index contributed by atoms with van der Waals surface area (Å²) in [6.45, 7) is 4.05. The van der Waals surface area contributed by atoms with Crippen LogP contribution in [0.25, 0.3) is 0 Å². The van der Waals surface area contributed by atoms with Gasteiger partial charge in [-0.25, -0.2) is 0 Å². The molecule has 6 heteroatoms. The third-order valence-corrected chi connectivity index (χ3v) is 3.85. The summed E-state index contributed by atoms with van der Waals surface area (Å²) in [5.74, 6) is 1.30. The van der Waals surface area contributed by atoms with Crippen LogP contribution in [0.3, 0.4) is 0 Å². The van der Waals surface area contributed by atoms with Crippen LogP contribution in [0.1, 0.15) is 20.3 Å². The van der Waals surface area contributed by atoms with Gasteiger partial charge in [-0.2, -0.15) is 8.78 Å². The Balaban J connectivity index is 1.84. The number of quaternary nitrogens is 1. The molecule has 2 N–H and O–H groups in total. The molecule has 2 atom stereocenters. The van der Waals surface area contributed by atoms with Crippen LogP contribution in [0.15, 0.2) is 24.3 Å². The Hall–Kier alpha value is -1.69. The lowest BCUT2D eigenvalue weighted by molar-refractivity contribution is -0.904. The lowest BCUT2D eigenvalue weighted by atomic mass is 9.92. The number of ether oxygens (including phenoxy) is 1. The molecule has 1 aliphatic rings. The summed E-state index contributed by atoms with van der Waals surface area (Å²) in [5, 5.41) is 2.80. The van der Waals surface area contributed by atoms with E-state index < -0.39 is 6.61 Å². The summed E-state index contributed by atoms with van der Waals surface area (Å²) in [4.78, 5) is 13.4. The number of nitrogens with one attached hydrogen (secondary N) is 2. The summed E-state index contributed by atoms with van der Waals surface area (Å²) in [5.41, 5.74) is 0.587. The average Bonchev–Trinajstić information content (AvgIpc) is 2.39. The van der Waals surface area contributed by atoms with Crippen molar-refractivity contribution in [2.75, 3.05) is 25.0 Å². The number of hydrogen-bond donors (Lipinski definition) is 2. The fourth-order valence-corrected chi connectivity index (χ4v) is 3.22. The van der Waals surface area contributed by atoms with Crippen molar-refractivity contribution in [3.8, 4) is 5.75 Å². The first-order valence-electron chi connectivity index (χ1n) is 7.60. The standard InChI is InChI=1S/C16H22F2N2O2/c1-11-7-12(2)9-20(8-11)10-15(21)19-13-3-5-14(6-4-13)22-16(17)18/h3-6,11-12,16H,7-10H2,1-2H3,(H,19,21)/p+1/t11-,12-/m1/s1. The van der Waals surface area contributed by atoms with Gasteiger partial charge in [-0.1, -0.05) is 13.8 Å². The number of anilines is 1. The molecule has 0 spiro atoms. The second-order valence-corrected chi connectivity index (χ2v) is 6.23. The van der Waals surface area contributed by atoms with Gasteiger partial charge in [0, 0.05) is 17.5 Å². The summed E-state index contributed by atoms with van der Waals surface area (Å²) in [7, 11) is 0. The number of carbonyl (C=O) groups is 1. The minimum absolute atomic E-state index is 0.0566. The minimum Gasteiger partial charge on any atom is -0.435 e. The van der Waals surface area contributed by atoms with Crippen molar-refractivity contribution in [3.63, 3.8) is 0 Å². The Kier molecular flexibility index (Phi) is 5.71. The van der Waals surface area contributed by atoms with Gasteiger partial charge < -0.3 is 15.0 Å². The molecule has 4 nitrogen and oxygen atoms in total. The van der Waals surface area contributed by atoms with E-state index >= 15 is 0 Å². The predicted octanol–water partition coefficient (Wildman–Crippen LogP) is 1.79. The largest absolute Gasteiger partial charge is 0.435 e. The van der Waals surface area contributed by atoms with E-state index in [-0.39, 0.29) is 11.7 Å². The normalized spacial score (nSPS) is 25.0. The highest BCUT2D eigenvalue weighted by Gasteiger charge is 2.26. The second kappa shape index (κ2) is 7.54. The Morgan fingerprint density at radius 3 is 2.41 bits per heavy atom. The maximum Gasteiger partial charge on any atom is 0.387 e. The van der Waals surface area contributed by atoms with Crippen LogP contribution in [-0.2, 0) is 4.79 Å². The third kappa shape index (κ3) is 5.26. The molecule has 1 heterocycles. The zero-order valence-corrected chi connectivity index (χ0v) is 12.9. The molecule has 0 bridgehead atoms. The smallest absolute Gasteiger partial charge is 0.387 e. The maximum atomic E-state index is 12.1. The fourth-order valence-electron chi connectivity index (χ4n) is 3.22. The van der Waals surface area contributed by atoms with E-state index in [0.29, 0.717) is 24.1 Å². The molecule has 0 saturated carbocycles. The molecule has 0 aliphatic carbocycles. The monoisotopic (exact) mass is 313 g/mol. The fraction of sp³-hybridized carbons (Fsp3) is 0.562. The maximum absolute atomic E-state index is 12.1. The molecule has 2 rings (SSSR count). The van der Waals surface area contributed by atoms with Crippen LogP contribution < -0.4 is 15.0 Å². The van der Waals surface area contributed by atoms with Crippen molar-refractivity contribution in [2.24, 2.45) is 11.8 Å². The molecular weight excluding hydrogens is 290 g/mol. The molecular formula is C16H23F2N2O2+. The number of alkyl halides is 2. The van der Waals surface area contributed by atoms with Crippen LogP contribution in [0.4, 0.5) is 14.5 Å². The van der Waals surface area contributed by atoms with Crippen LogP contribution in [0, 0.1) is 11.8 Å². The summed E-state index contributed by atoms with van der Waals surface area (Å²) < 4.78 is 28.4. The quantitative estimate of drug-likeness (QED) is 0.870. The zero-order valence-electron chi connectivity index (χ0n) is 12.9. The van der Waals surface area contributed by atoms with Crippen molar-refractivity contribution in [1.82, 2.24) is 0 Å². The van der Waals surface area contributed by atoms with Gasteiger partial charge in [0.1, 0.15) is 5.75 Å². The molecule has 1 aromatic carbocycles. The topological polar surface area (TPSA) is 42.8 Å². The van der Waals surface area contributed by atoms with Crippen molar-refractivity contribution in [2.45, 2.75) is 26.9 Å². The number of carbonyl (C=O) groups excluding carboxylic acids is 1. The first kappa shape index (κ1) is 16.7. The summed E-state index contributed by atoms with van der Waals surface area (Å²) >= 11 is 0. The molecule has 122 valence electrons. The highest BCUT2D eigenvalue weighted by molar-refractivity contribution is 5.91. The highest BCUT2D eigenvalue weighted by atomic mass is 19.3. The van der Waals surface area contributed by atoms with Crippen molar-refractivity contribution in [1.29, 1.82) is 0 Å². The minimum atomic E-state index is -2.84. The van der Waals surface area contributed by atoms with Gasteiger partial charge in [0.15, 0.2) is 6.54 Å². The van der Waals surface area contributed by atoms with Gasteiger partial charge in [-0.05, 0) is 30.7 Å². The van der Waals surface area contributed by atoms with E-state index in [9.17, 15) is 13.6 Å². The van der Waals surface area contributed by atoms with E-state index in [0.717, 1.165) is 13.1 Å². The van der Waals surface area contributed by atoms with Gasteiger partial charge in [-0.3, -0.25) is 4.79 Å². The van der Waals surface area contributed by atoms with E-state index in [1.807, 2.05) is 0 Å². The van der Waals surface area contributed by atoms with E-state index in [2.05, 4.69) is 23.9 Å². The third-order valence-electron chi connectivity index (χ3n) is 3.85. The number of amides is 1. The molecule has 0 unspecified atom stereocenters. The Morgan fingerprint density at radius 2 is 1.86 bits per heavy atom. The van der Waals surface area contributed by atoms with E-state index in [4.69, 9.17) is 0 Å².